The van der Waals surface area contributed by atoms with Crippen LogP contribution in [-0.4, -0.2) is 7.11 Å². The molecular weight excluding hydrogens is 244 g/mol. The fourth-order valence-electron chi connectivity index (χ4n) is 1.54. The molecule has 0 radical (unpaired) electrons. The van der Waals surface area contributed by atoms with Gasteiger partial charge in [0, 0.05) is 5.02 Å². The van der Waals surface area contributed by atoms with E-state index < -0.39 is 0 Å². The molecular formula is C16H19ClO. The first-order valence-electron chi connectivity index (χ1n) is 5.86. The molecule has 0 N–H and O–H groups in total. The summed E-state index contributed by atoms with van der Waals surface area (Å²) in [6.07, 6.45) is 0. The van der Waals surface area contributed by atoms with Crippen LogP contribution in [0.1, 0.15) is 16.7 Å². The van der Waals surface area contributed by atoms with E-state index in [1.807, 2.05) is 50.2 Å². The van der Waals surface area contributed by atoms with E-state index in [4.69, 9.17) is 16.3 Å². The molecule has 0 aromatic heterocycles. The molecule has 0 heterocycles. The van der Waals surface area contributed by atoms with Gasteiger partial charge in [-0.3, -0.25) is 0 Å². The lowest BCUT2D eigenvalue weighted by Crippen LogP contribution is -1.81. The van der Waals surface area contributed by atoms with Gasteiger partial charge in [0.25, 0.3) is 0 Å². The molecule has 0 atom stereocenters. The van der Waals surface area contributed by atoms with Crippen molar-refractivity contribution < 1.29 is 4.74 Å². The highest BCUT2D eigenvalue weighted by Gasteiger charge is 1.91. The molecule has 96 valence electrons. The van der Waals surface area contributed by atoms with Gasteiger partial charge in [0.15, 0.2) is 0 Å². The largest absolute Gasteiger partial charge is 0.497 e. The topological polar surface area (TPSA) is 9.23 Å². The lowest BCUT2D eigenvalue weighted by molar-refractivity contribution is 0.414. The Morgan fingerprint density at radius 2 is 1.56 bits per heavy atom. The number of ether oxygens (including phenoxy) is 1. The van der Waals surface area contributed by atoms with E-state index in [2.05, 4.69) is 13.0 Å². The summed E-state index contributed by atoms with van der Waals surface area (Å²) in [6, 6.07) is 14.0. The predicted octanol–water partition coefficient (Wildman–Crippen LogP) is 4.96. The van der Waals surface area contributed by atoms with Gasteiger partial charge in [-0.05, 0) is 50.1 Å². The summed E-state index contributed by atoms with van der Waals surface area (Å²) in [5.74, 6) is 0.926. The van der Waals surface area contributed by atoms with Crippen LogP contribution in [0.25, 0.3) is 0 Å². The first-order valence-corrected chi connectivity index (χ1v) is 6.24. The maximum atomic E-state index is 5.78. The van der Waals surface area contributed by atoms with Crippen LogP contribution in [0.3, 0.4) is 0 Å². The van der Waals surface area contributed by atoms with Gasteiger partial charge in [-0.25, -0.2) is 0 Å². The summed E-state index contributed by atoms with van der Waals surface area (Å²) in [4.78, 5) is 0. The number of benzene rings is 2. The summed E-state index contributed by atoms with van der Waals surface area (Å²) in [5.41, 5.74) is 3.64. The van der Waals surface area contributed by atoms with Gasteiger partial charge in [0.05, 0.1) is 7.11 Å². The third-order valence-electron chi connectivity index (χ3n) is 2.54. The van der Waals surface area contributed by atoms with E-state index in [0.717, 1.165) is 16.3 Å². The Hall–Kier alpha value is -1.47. The maximum Gasteiger partial charge on any atom is 0.119 e. The van der Waals surface area contributed by atoms with Crippen LogP contribution >= 0.6 is 11.6 Å². The smallest absolute Gasteiger partial charge is 0.119 e. The number of rotatable bonds is 1. The Morgan fingerprint density at radius 3 is 2.00 bits per heavy atom. The quantitative estimate of drug-likeness (QED) is 0.706. The van der Waals surface area contributed by atoms with Crippen molar-refractivity contribution in [3.63, 3.8) is 0 Å². The monoisotopic (exact) mass is 262 g/mol. The van der Waals surface area contributed by atoms with Gasteiger partial charge < -0.3 is 4.74 Å². The molecule has 1 nitrogen and oxygen atoms in total. The highest BCUT2D eigenvalue weighted by atomic mass is 35.5. The minimum atomic E-state index is 0.848. The molecule has 0 saturated carbocycles. The predicted molar refractivity (Wildman–Crippen MR) is 78.7 cm³/mol. The van der Waals surface area contributed by atoms with Crippen molar-refractivity contribution in [2.75, 3.05) is 7.11 Å². The number of methoxy groups -OCH3 is 1. The fourth-order valence-corrected chi connectivity index (χ4v) is 1.65. The molecule has 0 amide bonds. The Balaban J connectivity index is 0.000000180. The lowest BCUT2D eigenvalue weighted by Gasteiger charge is -1.97. The first kappa shape index (κ1) is 14.6. The van der Waals surface area contributed by atoms with E-state index in [1.165, 1.54) is 11.1 Å². The lowest BCUT2D eigenvalue weighted by atomic mass is 10.2. The second-order valence-electron chi connectivity index (χ2n) is 4.27. The van der Waals surface area contributed by atoms with E-state index in [9.17, 15) is 0 Å². The van der Waals surface area contributed by atoms with E-state index in [1.54, 1.807) is 7.11 Å². The van der Waals surface area contributed by atoms with Gasteiger partial charge in [0.2, 0.25) is 0 Å². The molecule has 0 fully saturated rings. The Bertz CT molecular complexity index is 506. The summed E-state index contributed by atoms with van der Waals surface area (Å²) in [6.45, 7) is 6.11. The normalized spacial score (nSPS) is 9.39. The third-order valence-corrected chi connectivity index (χ3v) is 2.96. The Morgan fingerprint density at radius 1 is 0.889 bits per heavy atom. The van der Waals surface area contributed by atoms with E-state index in [-0.39, 0.29) is 0 Å². The molecule has 0 aliphatic carbocycles. The van der Waals surface area contributed by atoms with E-state index in [0.29, 0.717) is 0 Å². The van der Waals surface area contributed by atoms with Crippen LogP contribution in [0, 0.1) is 20.8 Å². The molecule has 0 aliphatic heterocycles. The van der Waals surface area contributed by atoms with Crippen LogP contribution in [0.2, 0.25) is 5.02 Å². The molecule has 0 unspecified atom stereocenters. The Labute approximate surface area is 114 Å². The van der Waals surface area contributed by atoms with Gasteiger partial charge >= 0.3 is 0 Å². The standard InChI is InChI=1S/C8H9Cl.C8H10O/c1-6-3-4-8(9)7(2)5-6;1-7-4-3-5-8(6-7)9-2/h3-5H,1-2H3;3-6H,1-2H3. The van der Waals surface area contributed by atoms with Gasteiger partial charge in [0.1, 0.15) is 5.75 Å². The zero-order valence-electron chi connectivity index (χ0n) is 11.3. The number of halogens is 1. The molecule has 2 heteroatoms. The average Bonchev–Trinajstić information content (AvgIpc) is 2.35. The molecule has 2 aromatic carbocycles. The number of hydrogen-bond acceptors (Lipinski definition) is 1. The minimum absolute atomic E-state index is 0.848. The highest BCUT2D eigenvalue weighted by molar-refractivity contribution is 6.31. The molecule has 0 bridgehead atoms. The van der Waals surface area contributed by atoms with Crippen molar-refractivity contribution in [3.8, 4) is 5.75 Å². The molecule has 18 heavy (non-hydrogen) atoms. The summed E-state index contributed by atoms with van der Waals surface area (Å²) < 4.78 is 5.00. The van der Waals surface area contributed by atoms with Crippen LogP contribution in [0.15, 0.2) is 42.5 Å². The molecule has 2 aromatic rings. The van der Waals surface area contributed by atoms with E-state index >= 15 is 0 Å². The maximum absolute atomic E-state index is 5.78. The van der Waals surface area contributed by atoms with Crippen molar-refractivity contribution in [2.24, 2.45) is 0 Å². The second kappa shape index (κ2) is 7.07. The van der Waals surface area contributed by atoms with Crippen LogP contribution < -0.4 is 4.74 Å². The first-order chi connectivity index (χ1) is 8.52. The fraction of sp³-hybridized carbons (Fsp3) is 0.250. The summed E-state index contributed by atoms with van der Waals surface area (Å²) in [7, 11) is 1.68. The van der Waals surface area contributed by atoms with Gasteiger partial charge in [-0.2, -0.15) is 0 Å². The van der Waals surface area contributed by atoms with Crippen molar-refractivity contribution >= 4 is 11.6 Å². The zero-order chi connectivity index (χ0) is 13.5. The SMILES string of the molecule is COc1cccc(C)c1.Cc1ccc(Cl)c(C)c1. The van der Waals surface area contributed by atoms with Gasteiger partial charge in [-0.1, -0.05) is 41.4 Å². The van der Waals surface area contributed by atoms with Crippen LogP contribution in [0.5, 0.6) is 5.75 Å². The molecule has 0 saturated heterocycles. The van der Waals surface area contributed by atoms with Crippen molar-refractivity contribution in [1.29, 1.82) is 0 Å². The Kier molecular flexibility index (Phi) is 5.73. The third kappa shape index (κ3) is 4.80. The summed E-state index contributed by atoms with van der Waals surface area (Å²) >= 11 is 5.78. The molecule has 0 aliphatic rings. The van der Waals surface area contributed by atoms with Crippen molar-refractivity contribution in [2.45, 2.75) is 20.8 Å². The number of aryl methyl sites for hydroxylation is 3. The van der Waals surface area contributed by atoms with Crippen molar-refractivity contribution in [1.82, 2.24) is 0 Å². The van der Waals surface area contributed by atoms with Crippen molar-refractivity contribution in [3.05, 3.63) is 64.2 Å². The highest BCUT2D eigenvalue weighted by Crippen LogP contribution is 2.15. The van der Waals surface area contributed by atoms with Gasteiger partial charge in [-0.15, -0.1) is 0 Å². The average molecular weight is 263 g/mol. The number of hydrogen-bond donors (Lipinski definition) is 0. The second-order valence-corrected chi connectivity index (χ2v) is 4.68. The van der Waals surface area contributed by atoms with Crippen LogP contribution in [0.4, 0.5) is 0 Å². The zero-order valence-corrected chi connectivity index (χ0v) is 12.1. The molecule has 2 rings (SSSR count). The summed E-state index contributed by atoms with van der Waals surface area (Å²) in [5, 5.41) is 0.848. The minimum Gasteiger partial charge on any atom is -0.497 e. The molecule has 0 spiro atoms. The van der Waals surface area contributed by atoms with Crippen LogP contribution in [-0.2, 0) is 0 Å².